The first kappa shape index (κ1) is 27.5. The zero-order chi connectivity index (χ0) is 25.6. The predicted molar refractivity (Wildman–Crippen MR) is 151 cm³/mol. The second kappa shape index (κ2) is 12.2. The van der Waals surface area contributed by atoms with E-state index >= 15 is 0 Å². The van der Waals surface area contributed by atoms with Gasteiger partial charge in [0.05, 0.1) is 27.8 Å². The average molecular weight is 533 g/mol. The minimum Gasteiger partial charge on any atom is -0.369 e. The summed E-state index contributed by atoms with van der Waals surface area (Å²) < 4.78 is 8.43. The molecule has 0 aliphatic carbocycles. The minimum atomic E-state index is -1.08. The number of aromatic nitrogens is 2. The Morgan fingerprint density at radius 2 is 1.94 bits per heavy atom. The highest BCUT2D eigenvalue weighted by Gasteiger charge is 2.21. The molecule has 0 unspecified atom stereocenters. The number of anilines is 2. The molecule has 0 saturated heterocycles. The van der Waals surface area contributed by atoms with Gasteiger partial charge in [-0.2, -0.15) is 0 Å². The van der Waals surface area contributed by atoms with Crippen LogP contribution in [-0.2, 0) is 18.0 Å². The molecule has 0 saturated carbocycles. The Morgan fingerprint density at radius 1 is 1.20 bits per heavy atom. The molecule has 3 rings (SSSR count). The molecule has 190 valence electrons. The molecule has 0 bridgehead atoms. The van der Waals surface area contributed by atoms with Crippen LogP contribution in [0.25, 0.3) is 0 Å². The number of carbonyl (C=O) groups excluding carboxylic acids is 1. The monoisotopic (exact) mass is 532 g/mol. The molecule has 0 aliphatic heterocycles. The van der Waals surface area contributed by atoms with Crippen LogP contribution in [-0.4, -0.2) is 43.7 Å². The smallest absolute Gasteiger partial charge is 0.268 e. The van der Waals surface area contributed by atoms with E-state index in [-0.39, 0.29) is 5.91 Å². The van der Waals surface area contributed by atoms with Crippen molar-refractivity contribution in [3.05, 3.63) is 63.8 Å². The molecule has 2 heterocycles. The number of imidazole rings is 1. The van der Waals surface area contributed by atoms with E-state index in [4.69, 9.17) is 16.3 Å². The Bertz CT molecular complexity index is 1110. The van der Waals surface area contributed by atoms with Crippen molar-refractivity contribution >= 4 is 48.3 Å². The van der Waals surface area contributed by atoms with E-state index in [9.17, 15) is 4.79 Å². The molecule has 0 fully saturated rings. The van der Waals surface area contributed by atoms with Crippen molar-refractivity contribution in [1.29, 1.82) is 0 Å². The molecule has 1 amide bonds. The van der Waals surface area contributed by atoms with Gasteiger partial charge in [0, 0.05) is 45.8 Å². The van der Waals surface area contributed by atoms with Gasteiger partial charge < -0.3 is 19.1 Å². The van der Waals surface area contributed by atoms with Crippen LogP contribution in [0.1, 0.15) is 29.2 Å². The fraction of sp³-hybridized carbons (Fsp3) is 0.462. The molecule has 0 atom stereocenters. The number of carbonyl (C=O) groups is 1. The number of thiophene rings is 1. The Hall–Kier alpha value is -2.13. The van der Waals surface area contributed by atoms with Crippen LogP contribution in [0, 0.1) is 5.92 Å². The van der Waals surface area contributed by atoms with E-state index in [1.54, 1.807) is 12.1 Å². The average Bonchev–Trinajstić information content (AvgIpc) is 3.42. The van der Waals surface area contributed by atoms with Gasteiger partial charge in [0.1, 0.15) is 6.73 Å². The van der Waals surface area contributed by atoms with Gasteiger partial charge in [-0.15, -0.1) is 11.3 Å². The summed E-state index contributed by atoms with van der Waals surface area (Å²) in [7, 11) is 0.954. The number of hydrogen-bond donors (Lipinski definition) is 0. The fourth-order valence-corrected chi connectivity index (χ4v) is 5.32. The molecule has 9 heteroatoms. The maximum absolute atomic E-state index is 13.3. The molecule has 3 aromatic rings. The van der Waals surface area contributed by atoms with E-state index < -0.39 is 8.07 Å². The van der Waals surface area contributed by atoms with Crippen LogP contribution in [0.2, 0.25) is 30.0 Å². The first-order valence-corrected chi connectivity index (χ1v) is 16.9. The predicted octanol–water partition coefficient (Wildman–Crippen LogP) is 6.85. The Morgan fingerprint density at radius 3 is 2.60 bits per heavy atom. The van der Waals surface area contributed by atoms with Crippen LogP contribution in [0.3, 0.4) is 0 Å². The SMILES string of the molecule is CC(C)CN(C(=O)c1ccc(Cl)s1)c1cccc(N(C)Cc2cn(COCC[Si](C)(C)C)cn2)c1. The summed E-state index contributed by atoms with van der Waals surface area (Å²) in [4.78, 5) is 22.5. The summed E-state index contributed by atoms with van der Waals surface area (Å²) in [5.41, 5.74) is 2.86. The quantitative estimate of drug-likeness (QED) is 0.189. The van der Waals surface area contributed by atoms with Gasteiger partial charge in [-0.25, -0.2) is 4.98 Å². The number of benzene rings is 1. The zero-order valence-electron chi connectivity index (χ0n) is 21.6. The Balaban J connectivity index is 1.67. The molecular formula is C26H37ClN4O2SSi. The standard InChI is InChI=1S/C26H37ClN4O2SSi/c1-20(2)15-31(26(32)24-10-11-25(27)34-24)23-9-7-8-22(14-23)29(3)16-21-17-30(18-28-21)19-33-12-13-35(4,5)6/h7-11,14,17-18,20H,12-13,15-16,19H2,1-6H3. The second-order valence-electron chi connectivity index (χ2n) is 10.5. The largest absolute Gasteiger partial charge is 0.369 e. The summed E-state index contributed by atoms with van der Waals surface area (Å²) in [5.74, 6) is 0.302. The maximum Gasteiger partial charge on any atom is 0.268 e. The van der Waals surface area contributed by atoms with E-state index in [1.807, 2.05) is 41.2 Å². The van der Waals surface area contributed by atoms with Crippen LogP contribution >= 0.6 is 22.9 Å². The third-order valence-electron chi connectivity index (χ3n) is 5.48. The lowest BCUT2D eigenvalue weighted by atomic mass is 10.1. The van der Waals surface area contributed by atoms with Crippen molar-refractivity contribution in [3.8, 4) is 0 Å². The van der Waals surface area contributed by atoms with Crippen molar-refractivity contribution < 1.29 is 9.53 Å². The minimum absolute atomic E-state index is 0.0247. The highest BCUT2D eigenvalue weighted by molar-refractivity contribution is 7.18. The fourth-order valence-electron chi connectivity index (χ4n) is 3.57. The molecule has 0 aliphatic rings. The Kier molecular flexibility index (Phi) is 9.58. The number of halogens is 1. The molecule has 6 nitrogen and oxygen atoms in total. The highest BCUT2D eigenvalue weighted by atomic mass is 35.5. The third kappa shape index (κ3) is 8.49. The van der Waals surface area contributed by atoms with Crippen molar-refractivity contribution in [2.75, 3.05) is 30.0 Å². The molecule has 0 radical (unpaired) electrons. The summed E-state index contributed by atoms with van der Waals surface area (Å²) >= 11 is 7.40. The third-order valence-corrected chi connectivity index (χ3v) is 8.40. The molecule has 35 heavy (non-hydrogen) atoms. The van der Waals surface area contributed by atoms with Gasteiger partial charge >= 0.3 is 0 Å². The van der Waals surface area contributed by atoms with Gasteiger partial charge in [0.15, 0.2) is 0 Å². The number of amides is 1. The van der Waals surface area contributed by atoms with Crippen molar-refractivity contribution in [3.63, 3.8) is 0 Å². The van der Waals surface area contributed by atoms with E-state index in [1.165, 1.54) is 11.3 Å². The molecule has 1 aromatic carbocycles. The van der Waals surface area contributed by atoms with Crippen molar-refractivity contribution in [2.45, 2.75) is 52.8 Å². The van der Waals surface area contributed by atoms with E-state index in [2.05, 4.69) is 55.5 Å². The van der Waals surface area contributed by atoms with Gasteiger partial charge in [-0.1, -0.05) is 51.2 Å². The lowest BCUT2D eigenvalue weighted by Crippen LogP contribution is -2.34. The van der Waals surface area contributed by atoms with Crippen molar-refractivity contribution in [1.82, 2.24) is 9.55 Å². The first-order chi connectivity index (χ1) is 16.5. The number of nitrogens with zero attached hydrogens (tertiary/aromatic N) is 4. The van der Waals surface area contributed by atoms with Gasteiger partial charge in [0.25, 0.3) is 5.91 Å². The van der Waals surface area contributed by atoms with Crippen LogP contribution < -0.4 is 9.80 Å². The van der Waals surface area contributed by atoms with Crippen LogP contribution in [0.15, 0.2) is 48.9 Å². The molecule has 0 N–H and O–H groups in total. The number of ether oxygens (including phenoxy) is 1. The van der Waals surface area contributed by atoms with E-state index in [0.29, 0.717) is 35.0 Å². The molecule has 0 spiro atoms. The summed E-state index contributed by atoms with van der Waals surface area (Å²) in [5, 5.41) is 0. The van der Waals surface area contributed by atoms with Crippen LogP contribution in [0.4, 0.5) is 11.4 Å². The van der Waals surface area contributed by atoms with Gasteiger partial charge in [-0.3, -0.25) is 4.79 Å². The van der Waals surface area contributed by atoms with Crippen LogP contribution in [0.5, 0.6) is 0 Å². The van der Waals surface area contributed by atoms with Gasteiger partial charge in [0.2, 0.25) is 0 Å². The van der Waals surface area contributed by atoms with E-state index in [0.717, 1.165) is 29.7 Å². The maximum atomic E-state index is 13.3. The Labute approximate surface area is 219 Å². The topological polar surface area (TPSA) is 50.6 Å². The lowest BCUT2D eigenvalue weighted by Gasteiger charge is -2.26. The first-order valence-electron chi connectivity index (χ1n) is 12.0. The second-order valence-corrected chi connectivity index (χ2v) is 17.9. The summed E-state index contributed by atoms with van der Waals surface area (Å²) in [6.07, 6.45) is 3.85. The molecule has 2 aromatic heterocycles. The zero-order valence-corrected chi connectivity index (χ0v) is 24.2. The number of hydrogen-bond acceptors (Lipinski definition) is 5. The normalized spacial score (nSPS) is 11.8. The molecular weight excluding hydrogens is 496 g/mol. The lowest BCUT2D eigenvalue weighted by molar-refractivity contribution is 0.0871. The number of rotatable bonds is 12. The summed E-state index contributed by atoms with van der Waals surface area (Å²) in [6.45, 7) is 13.9. The highest BCUT2D eigenvalue weighted by Crippen LogP contribution is 2.28. The van der Waals surface area contributed by atoms with Crippen molar-refractivity contribution in [2.24, 2.45) is 5.92 Å². The van der Waals surface area contributed by atoms with Gasteiger partial charge in [-0.05, 0) is 42.3 Å². The summed E-state index contributed by atoms with van der Waals surface area (Å²) in [6, 6.07) is 12.8.